The van der Waals surface area contributed by atoms with Gasteiger partial charge in [0.05, 0.1) is 0 Å². The molecule has 1 aromatic rings. The van der Waals surface area contributed by atoms with Gasteiger partial charge in [-0.25, -0.2) is 0 Å². The number of hydrogen-bond donors (Lipinski definition) is 1. The van der Waals surface area contributed by atoms with Gasteiger partial charge in [-0.3, -0.25) is 4.90 Å². The molecule has 1 atom stereocenters. The highest BCUT2D eigenvalue weighted by atomic mass is 15.3. The summed E-state index contributed by atoms with van der Waals surface area (Å²) in [6.45, 7) is 6.91. The van der Waals surface area contributed by atoms with Gasteiger partial charge in [0.25, 0.3) is 0 Å². The van der Waals surface area contributed by atoms with Crippen LogP contribution in [0, 0.1) is 0 Å². The number of benzene rings is 1. The van der Waals surface area contributed by atoms with Gasteiger partial charge < -0.3 is 10.6 Å². The van der Waals surface area contributed by atoms with Crippen molar-refractivity contribution < 1.29 is 0 Å². The van der Waals surface area contributed by atoms with Crippen LogP contribution in [0.25, 0.3) is 0 Å². The van der Waals surface area contributed by atoms with Crippen LogP contribution in [-0.4, -0.2) is 37.1 Å². The average Bonchev–Trinajstić information content (AvgIpc) is 3.09. The molecule has 0 radical (unpaired) electrons. The fourth-order valence-electron chi connectivity index (χ4n) is 3.78. The van der Waals surface area contributed by atoms with Gasteiger partial charge in [-0.05, 0) is 37.0 Å². The molecule has 1 aliphatic heterocycles. The van der Waals surface area contributed by atoms with Gasteiger partial charge in [0.15, 0.2) is 0 Å². The Kier molecular flexibility index (Phi) is 4.81. The second kappa shape index (κ2) is 6.80. The van der Waals surface area contributed by atoms with Crippen molar-refractivity contribution >= 4 is 5.69 Å². The molecule has 0 aromatic heterocycles. The fraction of sp³-hybridized carbons (Fsp3) is 0.667. The lowest BCUT2D eigenvalue weighted by atomic mass is 10.0. The summed E-state index contributed by atoms with van der Waals surface area (Å²) in [6, 6.07) is 9.95. The predicted molar refractivity (Wildman–Crippen MR) is 89.7 cm³/mol. The van der Waals surface area contributed by atoms with Crippen molar-refractivity contribution in [2.24, 2.45) is 5.73 Å². The van der Waals surface area contributed by atoms with E-state index in [1.165, 1.54) is 50.0 Å². The van der Waals surface area contributed by atoms with Gasteiger partial charge >= 0.3 is 0 Å². The van der Waals surface area contributed by atoms with Crippen LogP contribution in [-0.2, 0) is 0 Å². The molecule has 0 bridgehead atoms. The van der Waals surface area contributed by atoms with Crippen LogP contribution in [0.3, 0.4) is 0 Å². The first-order valence-electron chi connectivity index (χ1n) is 8.62. The second-order valence-corrected chi connectivity index (χ2v) is 6.57. The topological polar surface area (TPSA) is 32.5 Å². The molecule has 1 saturated heterocycles. The first-order valence-corrected chi connectivity index (χ1v) is 8.62. The lowest BCUT2D eigenvalue weighted by Crippen LogP contribution is -2.49. The maximum Gasteiger partial charge on any atom is 0.0367 e. The number of nitrogens with two attached hydrogens (primary N) is 1. The summed E-state index contributed by atoms with van der Waals surface area (Å²) in [7, 11) is 0. The second-order valence-electron chi connectivity index (χ2n) is 6.57. The minimum Gasteiger partial charge on any atom is -0.369 e. The third-order valence-corrected chi connectivity index (χ3v) is 5.28. The molecule has 1 saturated carbocycles. The molecule has 3 nitrogen and oxygen atoms in total. The van der Waals surface area contributed by atoms with Crippen LogP contribution in [0.5, 0.6) is 0 Å². The van der Waals surface area contributed by atoms with E-state index in [1.807, 2.05) is 0 Å². The summed E-state index contributed by atoms with van der Waals surface area (Å²) in [4.78, 5) is 5.23. The van der Waals surface area contributed by atoms with E-state index in [2.05, 4.69) is 41.0 Å². The van der Waals surface area contributed by atoms with Crippen molar-refractivity contribution in [3.8, 4) is 0 Å². The molecule has 1 aromatic carbocycles. The molecular formula is C18H29N3. The summed E-state index contributed by atoms with van der Waals surface area (Å²) in [5, 5.41) is 0. The molecule has 116 valence electrons. The number of nitrogens with zero attached hydrogens (tertiary/aromatic N) is 2. The first kappa shape index (κ1) is 14.9. The fourth-order valence-corrected chi connectivity index (χ4v) is 3.78. The Hall–Kier alpha value is -1.06. The van der Waals surface area contributed by atoms with E-state index in [1.54, 1.807) is 0 Å². The molecule has 1 aliphatic carbocycles. The van der Waals surface area contributed by atoms with E-state index in [0.29, 0.717) is 0 Å². The van der Waals surface area contributed by atoms with Gasteiger partial charge in [-0.15, -0.1) is 0 Å². The summed E-state index contributed by atoms with van der Waals surface area (Å²) >= 11 is 0. The lowest BCUT2D eigenvalue weighted by molar-refractivity contribution is 0.187. The Labute approximate surface area is 129 Å². The standard InChI is InChI=1S/C18H29N3/c1-2-18(19)15-7-9-17(10-8-15)21-13-11-20(12-14-21)16-5-3-4-6-16/h7-10,16,18H,2-6,11-14,19H2,1H3/t18-/m0/s1. The van der Waals surface area contributed by atoms with Crippen molar-refractivity contribution in [3.05, 3.63) is 29.8 Å². The van der Waals surface area contributed by atoms with Crippen molar-refractivity contribution in [1.82, 2.24) is 4.90 Å². The largest absolute Gasteiger partial charge is 0.369 e. The molecule has 3 rings (SSSR count). The zero-order chi connectivity index (χ0) is 14.7. The maximum atomic E-state index is 6.09. The summed E-state index contributed by atoms with van der Waals surface area (Å²) in [5.74, 6) is 0. The Bertz CT molecular complexity index is 428. The minimum absolute atomic E-state index is 0.179. The van der Waals surface area contributed by atoms with Crippen LogP contribution < -0.4 is 10.6 Å². The summed E-state index contributed by atoms with van der Waals surface area (Å²) in [6.07, 6.45) is 6.71. The molecule has 0 unspecified atom stereocenters. The predicted octanol–water partition coefficient (Wildman–Crippen LogP) is 3.16. The first-order chi connectivity index (χ1) is 10.3. The van der Waals surface area contributed by atoms with Crippen molar-refractivity contribution in [1.29, 1.82) is 0 Å². The van der Waals surface area contributed by atoms with Crippen LogP contribution in [0.1, 0.15) is 50.6 Å². The number of rotatable bonds is 4. The zero-order valence-corrected chi connectivity index (χ0v) is 13.3. The highest BCUT2D eigenvalue weighted by Gasteiger charge is 2.26. The Morgan fingerprint density at radius 1 is 1.05 bits per heavy atom. The van der Waals surface area contributed by atoms with E-state index >= 15 is 0 Å². The van der Waals surface area contributed by atoms with Gasteiger partial charge in [-0.1, -0.05) is 31.9 Å². The lowest BCUT2D eigenvalue weighted by Gasteiger charge is -2.39. The smallest absolute Gasteiger partial charge is 0.0367 e. The number of piperazine rings is 1. The molecule has 3 heteroatoms. The molecule has 0 spiro atoms. The number of anilines is 1. The normalized spacial score (nSPS) is 22.7. The monoisotopic (exact) mass is 287 g/mol. The van der Waals surface area contributed by atoms with Crippen molar-refractivity contribution in [2.45, 2.75) is 51.1 Å². The zero-order valence-electron chi connectivity index (χ0n) is 13.3. The Morgan fingerprint density at radius 3 is 2.24 bits per heavy atom. The third kappa shape index (κ3) is 3.41. The summed E-state index contributed by atoms with van der Waals surface area (Å²) in [5.41, 5.74) is 8.70. The van der Waals surface area contributed by atoms with Crippen molar-refractivity contribution in [2.75, 3.05) is 31.1 Å². The van der Waals surface area contributed by atoms with Gasteiger partial charge in [0, 0.05) is 44.0 Å². The van der Waals surface area contributed by atoms with E-state index < -0.39 is 0 Å². The molecule has 1 heterocycles. The van der Waals surface area contributed by atoms with Gasteiger partial charge in [0.1, 0.15) is 0 Å². The maximum absolute atomic E-state index is 6.09. The number of hydrogen-bond acceptors (Lipinski definition) is 3. The van der Waals surface area contributed by atoms with Crippen LogP contribution >= 0.6 is 0 Å². The molecule has 2 fully saturated rings. The molecule has 21 heavy (non-hydrogen) atoms. The van der Waals surface area contributed by atoms with Crippen molar-refractivity contribution in [3.63, 3.8) is 0 Å². The van der Waals surface area contributed by atoms with Crippen LogP contribution in [0.4, 0.5) is 5.69 Å². The molecule has 2 N–H and O–H groups in total. The summed E-state index contributed by atoms with van der Waals surface area (Å²) < 4.78 is 0. The quantitative estimate of drug-likeness (QED) is 0.923. The average molecular weight is 287 g/mol. The minimum atomic E-state index is 0.179. The van der Waals surface area contributed by atoms with E-state index in [-0.39, 0.29) is 6.04 Å². The Balaban J connectivity index is 1.56. The molecule has 2 aliphatic rings. The third-order valence-electron chi connectivity index (χ3n) is 5.28. The highest BCUT2D eigenvalue weighted by Crippen LogP contribution is 2.26. The van der Waals surface area contributed by atoms with Crippen LogP contribution in [0.2, 0.25) is 0 Å². The van der Waals surface area contributed by atoms with E-state index in [4.69, 9.17) is 5.73 Å². The van der Waals surface area contributed by atoms with E-state index in [9.17, 15) is 0 Å². The molecule has 0 amide bonds. The SMILES string of the molecule is CC[C@H](N)c1ccc(N2CCN(C3CCCC3)CC2)cc1. The van der Waals surface area contributed by atoms with Gasteiger partial charge in [0.2, 0.25) is 0 Å². The van der Waals surface area contributed by atoms with E-state index in [0.717, 1.165) is 25.6 Å². The highest BCUT2D eigenvalue weighted by molar-refractivity contribution is 5.48. The van der Waals surface area contributed by atoms with Crippen LogP contribution in [0.15, 0.2) is 24.3 Å². The Morgan fingerprint density at radius 2 is 1.67 bits per heavy atom. The van der Waals surface area contributed by atoms with Gasteiger partial charge in [-0.2, -0.15) is 0 Å². The molecular weight excluding hydrogens is 258 g/mol.